The summed E-state index contributed by atoms with van der Waals surface area (Å²) in [5, 5.41) is 4.77. The van der Waals surface area contributed by atoms with Crippen molar-refractivity contribution < 1.29 is 0 Å². The second-order valence-electron chi connectivity index (χ2n) is 4.44. The standard InChI is InChI=1S/C15H20N2S/c1-3-13(11-18-2)16-10-14-9-8-12-6-4-5-7-15(12)17-14/h4-9,13,16H,3,10-11H2,1-2H3. The van der Waals surface area contributed by atoms with E-state index < -0.39 is 0 Å². The second kappa shape index (κ2) is 6.76. The van der Waals surface area contributed by atoms with Gasteiger partial charge in [0.25, 0.3) is 0 Å². The Bertz CT molecular complexity index is 499. The third-order valence-corrected chi connectivity index (χ3v) is 3.82. The SMILES string of the molecule is CCC(CSC)NCc1ccc2ccccc2n1. The molecule has 3 heteroatoms. The van der Waals surface area contributed by atoms with Crippen LogP contribution in [0.4, 0.5) is 0 Å². The first-order valence-corrected chi connectivity index (χ1v) is 7.80. The number of fused-ring (bicyclic) bond motifs is 1. The van der Waals surface area contributed by atoms with Gasteiger partial charge in [-0.2, -0.15) is 11.8 Å². The molecule has 1 aromatic heterocycles. The normalized spacial score (nSPS) is 12.8. The van der Waals surface area contributed by atoms with E-state index in [2.05, 4.69) is 47.7 Å². The van der Waals surface area contributed by atoms with Crippen LogP contribution in [0.5, 0.6) is 0 Å². The Kier molecular flexibility index (Phi) is 5.02. The number of hydrogen-bond donors (Lipinski definition) is 1. The summed E-state index contributed by atoms with van der Waals surface area (Å²) in [5.41, 5.74) is 2.20. The van der Waals surface area contributed by atoms with E-state index in [0.29, 0.717) is 6.04 Å². The molecule has 0 spiro atoms. The van der Waals surface area contributed by atoms with Crippen molar-refractivity contribution in [2.24, 2.45) is 0 Å². The molecule has 1 aromatic carbocycles. The molecule has 0 fully saturated rings. The first-order chi connectivity index (χ1) is 8.83. The number of para-hydroxylation sites is 1. The fourth-order valence-corrected chi connectivity index (χ4v) is 2.73. The van der Waals surface area contributed by atoms with Crippen LogP contribution in [-0.4, -0.2) is 23.0 Å². The van der Waals surface area contributed by atoms with Crippen LogP contribution in [0.25, 0.3) is 10.9 Å². The van der Waals surface area contributed by atoms with Crippen LogP contribution in [0.15, 0.2) is 36.4 Å². The van der Waals surface area contributed by atoms with Crippen LogP contribution in [-0.2, 0) is 6.54 Å². The molecule has 0 amide bonds. The highest BCUT2D eigenvalue weighted by Crippen LogP contribution is 2.12. The summed E-state index contributed by atoms with van der Waals surface area (Å²) in [6, 6.07) is 13.1. The summed E-state index contributed by atoms with van der Waals surface area (Å²) in [6.45, 7) is 3.08. The van der Waals surface area contributed by atoms with Crippen LogP contribution in [0, 0.1) is 0 Å². The van der Waals surface area contributed by atoms with Gasteiger partial charge in [-0.15, -0.1) is 0 Å². The zero-order chi connectivity index (χ0) is 12.8. The number of nitrogens with zero attached hydrogens (tertiary/aromatic N) is 1. The van der Waals surface area contributed by atoms with Crippen LogP contribution in [0.2, 0.25) is 0 Å². The van der Waals surface area contributed by atoms with Gasteiger partial charge in [0.1, 0.15) is 0 Å². The molecule has 96 valence electrons. The van der Waals surface area contributed by atoms with Crippen molar-refractivity contribution >= 4 is 22.7 Å². The molecular formula is C15H20N2S. The van der Waals surface area contributed by atoms with Gasteiger partial charge in [-0.05, 0) is 24.8 Å². The summed E-state index contributed by atoms with van der Waals surface area (Å²) in [5.74, 6) is 1.16. The molecule has 0 aliphatic carbocycles. The molecule has 0 aliphatic rings. The second-order valence-corrected chi connectivity index (χ2v) is 5.35. The average Bonchev–Trinajstić information content (AvgIpc) is 2.43. The lowest BCUT2D eigenvalue weighted by molar-refractivity contribution is 0.537. The van der Waals surface area contributed by atoms with Crippen molar-refractivity contribution in [2.75, 3.05) is 12.0 Å². The molecular weight excluding hydrogens is 240 g/mol. The van der Waals surface area contributed by atoms with E-state index in [1.54, 1.807) is 0 Å². The third-order valence-electron chi connectivity index (χ3n) is 3.09. The van der Waals surface area contributed by atoms with Crippen molar-refractivity contribution in [3.63, 3.8) is 0 Å². The highest BCUT2D eigenvalue weighted by molar-refractivity contribution is 7.98. The van der Waals surface area contributed by atoms with Gasteiger partial charge < -0.3 is 5.32 Å². The van der Waals surface area contributed by atoms with E-state index >= 15 is 0 Å². The average molecular weight is 260 g/mol. The Hall–Kier alpha value is -1.06. The van der Waals surface area contributed by atoms with Gasteiger partial charge in [-0.3, -0.25) is 4.98 Å². The number of aromatic nitrogens is 1. The maximum atomic E-state index is 4.67. The van der Waals surface area contributed by atoms with E-state index in [1.807, 2.05) is 23.9 Å². The fraction of sp³-hybridized carbons (Fsp3) is 0.400. The highest BCUT2D eigenvalue weighted by atomic mass is 32.2. The highest BCUT2D eigenvalue weighted by Gasteiger charge is 2.05. The summed E-state index contributed by atoms with van der Waals surface area (Å²) < 4.78 is 0. The summed E-state index contributed by atoms with van der Waals surface area (Å²) in [6.07, 6.45) is 3.31. The fourth-order valence-electron chi connectivity index (χ4n) is 1.98. The summed E-state index contributed by atoms with van der Waals surface area (Å²) in [7, 11) is 0. The maximum Gasteiger partial charge on any atom is 0.0705 e. The van der Waals surface area contributed by atoms with Crippen LogP contribution < -0.4 is 5.32 Å². The number of hydrogen-bond acceptors (Lipinski definition) is 3. The Morgan fingerprint density at radius 1 is 1.22 bits per heavy atom. The lowest BCUT2D eigenvalue weighted by Crippen LogP contribution is -2.30. The molecule has 2 nitrogen and oxygen atoms in total. The topological polar surface area (TPSA) is 24.9 Å². The van der Waals surface area contributed by atoms with E-state index in [9.17, 15) is 0 Å². The Balaban J connectivity index is 2.03. The first kappa shape index (κ1) is 13.4. The van der Waals surface area contributed by atoms with E-state index in [4.69, 9.17) is 0 Å². The van der Waals surface area contributed by atoms with Crippen molar-refractivity contribution in [1.29, 1.82) is 0 Å². The number of nitrogens with one attached hydrogen (secondary N) is 1. The van der Waals surface area contributed by atoms with Gasteiger partial charge in [0, 0.05) is 23.7 Å². The van der Waals surface area contributed by atoms with Gasteiger partial charge in [0.05, 0.1) is 11.2 Å². The van der Waals surface area contributed by atoms with Crippen LogP contribution in [0.3, 0.4) is 0 Å². The van der Waals surface area contributed by atoms with Gasteiger partial charge in [-0.1, -0.05) is 31.2 Å². The maximum absolute atomic E-state index is 4.67. The van der Waals surface area contributed by atoms with Crippen molar-refractivity contribution in [3.05, 3.63) is 42.1 Å². The zero-order valence-corrected chi connectivity index (χ0v) is 11.8. The van der Waals surface area contributed by atoms with E-state index in [1.165, 1.54) is 5.39 Å². The van der Waals surface area contributed by atoms with Crippen LogP contribution >= 0.6 is 11.8 Å². The quantitative estimate of drug-likeness (QED) is 0.861. The van der Waals surface area contributed by atoms with Gasteiger partial charge >= 0.3 is 0 Å². The number of rotatable bonds is 6. The van der Waals surface area contributed by atoms with E-state index in [-0.39, 0.29) is 0 Å². The Labute approximate surface area is 113 Å². The molecule has 2 aromatic rings. The molecule has 0 aliphatic heterocycles. The smallest absolute Gasteiger partial charge is 0.0705 e. The minimum absolute atomic E-state index is 0.577. The van der Waals surface area contributed by atoms with Gasteiger partial charge in [0.2, 0.25) is 0 Å². The molecule has 18 heavy (non-hydrogen) atoms. The largest absolute Gasteiger partial charge is 0.308 e. The van der Waals surface area contributed by atoms with Crippen LogP contribution in [0.1, 0.15) is 19.0 Å². The molecule has 1 heterocycles. The molecule has 0 saturated carbocycles. The number of thioether (sulfide) groups is 1. The minimum atomic E-state index is 0.577. The lowest BCUT2D eigenvalue weighted by Gasteiger charge is -2.15. The molecule has 0 saturated heterocycles. The zero-order valence-electron chi connectivity index (χ0n) is 11.0. The summed E-state index contributed by atoms with van der Waals surface area (Å²) in [4.78, 5) is 4.67. The Morgan fingerprint density at radius 3 is 2.83 bits per heavy atom. The molecule has 0 radical (unpaired) electrons. The van der Waals surface area contributed by atoms with Crippen molar-refractivity contribution in [3.8, 4) is 0 Å². The monoisotopic (exact) mass is 260 g/mol. The molecule has 1 atom stereocenters. The lowest BCUT2D eigenvalue weighted by atomic mass is 10.2. The number of benzene rings is 1. The van der Waals surface area contributed by atoms with Gasteiger partial charge in [-0.25, -0.2) is 0 Å². The van der Waals surface area contributed by atoms with E-state index in [0.717, 1.165) is 29.9 Å². The third kappa shape index (κ3) is 3.47. The predicted molar refractivity (Wildman–Crippen MR) is 81.0 cm³/mol. The molecule has 1 unspecified atom stereocenters. The molecule has 2 rings (SSSR count). The minimum Gasteiger partial charge on any atom is -0.308 e. The molecule has 1 N–H and O–H groups in total. The van der Waals surface area contributed by atoms with Crippen molar-refractivity contribution in [1.82, 2.24) is 10.3 Å². The first-order valence-electron chi connectivity index (χ1n) is 6.40. The predicted octanol–water partition coefficient (Wildman–Crippen LogP) is 3.47. The summed E-state index contributed by atoms with van der Waals surface area (Å²) >= 11 is 1.89. The van der Waals surface area contributed by atoms with Crippen molar-refractivity contribution in [2.45, 2.75) is 25.9 Å². The van der Waals surface area contributed by atoms with Gasteiger partial charge in [0.15, 0.2) is 0 Å². The molecule has 0 bridgehead atoms. The Morgan fingerprint density at radius 2 is 2.06 bits per heavy atom. The number of pyridine rings is 1.